The highest BCUT2D eigenvalue weighted by Gasteiger charge is 2.40. The lowest BCUT2D eigenvalue weighted by Crippen LogP contribution is -2.38. The Balaban J connectivity index is 1.58. The molecule has 2 heterocycles. The first-order valence-electron chi connectivity index (χ1n) is 6.14. The van der Waals surface area contributed by atoms with Gasteiger partial charge < -0.3 is 10.1 Å². The first-order chi connectivity index (χ1) is 6.75. The molecule has 0 aromatic carbocycles. The van der Waals surface area contributed by atoms with Crippen molar-refractivity contribution in [1.82, 2.24) is 5.32 Å². The van der Waals surface area contributed by atoms with Crippen molar-refractivity contribution < 1.29 is 4.74 Å². The van der Waals surface area contributed by atoms with E-state index >= 15 is 0 Å². The molecular weight excluding hydrogens is 174 g/mol. The van der Waals surface area contributed by atoms with Crippen LogP contribution in [-0.4, -0.2) is 24.8 Å². The van der Waals surface area contributed by atoms with E-state index in [9.17, 15) is 0 Å². The molecule has 0 amide bonds. The Hall–Kier alpha value is -0.0800. The molecular formula is C12H23NO. The average Bonchev–Trinajstić information content (AvgIpc) is 2.73. The predicted molar refractivity (Wildman–Crippen MR) is 58.4 cm³/mol. The van der Waals surface area contributed by atoms with Crippen LogP contribution in [0.5, 0.6) is 0 Å². The SMILES string of the molecule is CC(C)CCCNC1CC2CCC1O2. The minimum Gasteiger partial charge on any atom is -0.373 e. The Labute approximate surface area is 87.4 Å². The molecule has 0 aliphatic carbocycles. The third kappa shape index (κ3) is 2.48. The summed E-state index contributed by atoms with van der Waals surface area (Å²) in [6, 6.07) is 0.668. The van der Waals surface area contributed by atoms with Crippen LogP contribution in [0.2, 0.25) is 0 Å². The van der Waals surface area contributed by atoms with Crippen molar-refractivity contribution in [3.8, 4) is 0 Å². The minimum absolute atomic E-state index is 0.541. The van der Waals surface area contributed by atoms with Gasteiger partial charge >= 0.3 is 0 Å². The van der Waals surface area contributed by atoms with E-state index in [1.54, 1.807) is 0 Å². The molecule has 2 saturated heterocycles. The van der Waals surface area contributed by atoms with Crippen molar-refractivity contribution >= 4 is 0 Å². The molecule has 2 nitrogen and oxygen atoms in total. The molecule has 0 radical (unpaired) electrons. The summed E-state index contributed by atoms with van der Waals surface area (Å²) < 4.78 is 5.80. The molecule has 1 N–H and O–H groups in total. The van der Waals surface area contributed by atoms with Crippen molar-refractivity contribution in [3.63, 3.8) is 0 Å². The maximum absolute atomic E-state index is 5.80. The van der Waals surface area contributed by atoms with Crippen molar-refractivity contribution in [2.24, 2.45) is 5.92 Å². The Morgan fingerprint density at radius 3 is 2.79 bits per heavy atom. The summed E-state index contributed by atoms with van der Waals surface area (Å²) in [5.41, 5.74) is 0. The maximum Gasteiger partial charge on any atom is 0.0733 e. The van der Waals surface area contributed by atoms with Gasteiger partial charge in [0.1, 0.15) is 0 Å². The molecule has 0 aromatic rings. The van der Waals surface area contributed by atoms with E-state index in [0.717, 1.165) is 5.92 Å². The summed E-state index contributed by atoms with van der Waals surface area (Å²) in [7, 11) is 0. The lowest BCUT2D eigenvalue weighted by Gasteiger charge is -2.20. The first-order valence-corrected chi connectivity index (χ1v) is 6.14. The summed E-state index contributed by atoms with van der Waals surface area (Å²) in [5, 5.41) is 3.64. The van der Waals surface area contributed by atoms with Gasteiger partial charge in [0.05, 0.1) is 12.2 Å². The van der Waals surface area contributed by atoms with E-state index in [1.165, 1.54) is 38.6 Å². The lowest BCUT2D eigenvalue weighted by atomic mass is 9.95. The van der Waals surface area contributed by atoms with Crippen molar-refractivity contribution in [1.29, 1.82) is 0 Å². The molecule has 82 valence electrons. The molecule has 2 fully saturated rings. The van der Waals surface area contributed by atoms with E-state index in [1.807, 2.05) is 0 Å². The van der Waals surface area contributed by atoms with Gasteiger partial charge in [-0.2, -0.15) is 0 Å². The molecule has 2 aliphatic rings. The molecule has 2 heteroatoms. The number of ether oxygens (including phenoxy) is 1. The number of rotatable bonds is 5. The van der Waals surface area contributed by atoms with Crippen LogP contribution in [-0.2, 0) is 4.74 Å². The van der Waals surface area contributed by atoms with Gasteiger partial charge in [-0.1, -0.05) is 13.8 Å². The monoisotopic (exact) mass is 197 g/mol. The van der Waals surface area contributed by atoms with Crippen LogP contribution in [0, 0.1) is 5.92 Å². The Kier molecular flexibility index (Phi) is 3.45. The molecule has 2 aliphatic heterocycles. The van der Waals surface area contributed by atoms with Crippen LogP contribution in [0.4, 0.5) is 0 Å². The molecule has 3 atom stereocenters. The van der Waals surface area contributed by atoms with E-state index in [-0.39, 0.29) is 0 Å². The van der Waals surface area contributed by atoms with Gasteiger partial charge in [0, 0.05) is 6.04 Å². The second-order valence-electron chi connectivity index (χ2n) is 5.21. The third-order valence-corrected chi connectivity index (χ3v) is 3.47. The van der Waals surface area contributed by atoms with Crippen LogP contribution in [0.3, 0.4) is 0 Å². The summed E-state index contributed by atoms with van der Waals surface area (Å²) in [4.78, 5) is 0. The van der Waals surface area contributed by atoms with E-state index in [0.29, 0.717) is 18.2 Å². The molecule has 0 spiro atoms. The van der Waals surface area contributed by atoms with Gasteiger partial charge in [-0.25, -0.2) is 0 Å². The zero-order chi connectivity index (χ0) is 9.97. The normalized spacial score (nSPS) is 35.8. The Morgan fingerprint density at radius 1 is 1.36 bits per heavy atom. The summed E-state index contributed by atoms with van der Waals surface area (Å²) in [6.07, 6.45) is 7.62. The molecule has 3 unspecified atom stereocenters. The number of hydrogen-bond acceptors (Lipinski definition) is 2. The van der Waals surface area contributed by atoms with Gasteiger partial charge in [0.25, 0.3) is 0 Å². The maximum atomic E-state index is 5.80. The van der Waals surface area contributed by atoms with Crippen LogP contribution < -0.4 is 5.32 Å². The summed E-state index contributed by atoms with van der Waals surface area (Å²) in [6.45, 7) is 5.76. The van der Waals surface area contributed by atoms with Gasteiger partial charge in [-0.15, -0.1) is 0 Å². The first kappa shape index (κ1) is 10.4. The second-order valence-corrected chi connectivity index (χ2v) is 5.21. The number of fused-ring (bicyclic) bond motifs is 2. The fourth-order valence-corrected chi connectivity index (χ4v) is 2.65. The molecule has 2 rings (SSSR count). The summed E-state index contributed by atoms with van der Waals surface area (Å²) >= 11 is 0. The molecule has 2 bridgehead atoms. The fourth-order valence-electron chi connectivity index (χ4n) is 2.65. The van der Waals surface area contributed by atoms with Crippen molar-refractivity contribution in [2.45, 2.75) is 64.2 Å². The van der Waals surface area contributed by atoms with Crippen molar-refractivity contribution in [3.05, 3.63) is 0 Å². The van der Waals surface area contributed by atoms with Crippen LogP contribution in [0.15, 0.2) is 0 Å². The highest BCUT2D eigenvalue weighted by Crippen LogP contribution is 2.34. The number of hydrogen-bond donors (Lipinski definition) is 1. The average molecular weight is 197 g/mol. The van der Waals surface area contributed by atoms with Gasteiger partial charge in [0.15, 0.2) is 0 Å². The van der Waals surface area contributed by atoms with Gasteiger partial charge in [-0.3, -0.25) is 0 Å². The van der Waals surface area contributed by atoms with Crippen LogP contribution in [0.25, 0.3) is 0 Å². The second kappa shape index (κ2) is 4.63. The fraction of sp³-hybridized carbons (Fsp3) is 1.00. The van der Waals surface area contributed by atoms with E-state index in [2.05, 4.69) is 19.2 Å². The van der Waals surface area contributed by atoms with Gasteiger partial charge in [0.2, 0.25) is 0 Å². The van der Waals surface area contributed by atoms with E-state index in [4.69, 9.17) is 4.74 Å². The van der Waals surface area contributed by atoms with Crippen LogP contribution in [0.1, 0.15) is 46.0 Å². The standard InChI is InChI=1S/C12H23NO/c1-9(2)4-3-7-13-11-8-10-5-6-12(11)14-10/h9-13H,3-8H2,1-2H3. The zero-order valence-corrected chi connectivity index (χ0v) is 9.46. The quantitative estimate of drug-likeness (QED) is 0.683. The smallest absolute Gasteiger partial charge is 0.0733 e. The molecule has 14 heavy (non-hydrogen) atoms. The van der Waals surface area contributed by atoms with Crippen molar-refractivity contribution in [2.75, 3.05) is 6.54 Å². The number of nitrogens with one attached hydrogen (secondary N) is 1. The lowest BCUT2D eigenvalue weighted by molar-refractivity contribution is 0.0974. The van der Waals surface area contributed by atoms with Gasteiger partial charge in [-0.05, 0) is 44.6 Å². The molecule has 0 saturated carbocycles. The minimum atomic E-state index is 0.541. The Morgan fingerprint density at radius 2 is 2.21 bits per heavy atom. The topological polar surface area (TPSA) is 21.3 Å². The molecule has 0 aromatic heterocycles. The Bertz CT molecular complexity index is 181. The highest BCUT2D eigenvalue weighted by atomic mass is 16.5. The van der Waals surface area contributed by atoms with Crippen LogP contribution >= 0.6 is 0 Å². The largest absolute Gasteiger partial charge is 0.373 e. The highest BCUT2D eigenvalue weighted by molar-refractivity contribution is 4.93. The zero-order valence-electron chi connectivity index (χ0n) is 9.46. The van der Waals surface area contributed by atoms with E-state index < -0.39 is 0 Å². The third-order valence-electron chi connectivity index (χ3n) is 3.47. The summed E-state index contributed by atoms with van der Waals surface area (Å²) in [5.74, 6) is 0.841. The predicted octanol–water partition coefficient (Wildman–Crippen LogP) is 2.33.